The first-order valence-electron chi connectivity index (χ1n) is 4.67. The van der Waals surface area contributed by atoms with Crippen LogP contribution in [0.15, 0.2) is 11.1 Å². The first-order valence-corrected chi connectivity index (χ1v) is 4.67. The van der Waals surface area contributed by atoms with Crippen molar-refractivity contribution >= 4 is 0 Å². The van der Waals surface area contributed by atoms with Gasteiger partial charge in [0.05, 0.1) is 26.7 Å². The van der Waals surface area contributed by atoms with E-state index >= 15 is 0 Å². The fourth-order valence-corrected chi connectivity index (χ4v) is 1.40. The second kappa shape index (κ2) is 4.31. The molecule has 1 unspecified atom stereocenters. The van der Waals surface area contributed by atoms with Crippen molar-refractivity contribution in [3.8, 4) is 11.6 Å². The van der Waals surface area contributed by atoms with E-state index in [1.807, 2.05) is 0 Å². The Hall–Kier alpha value is -1.56. The third-order valence-electron chi connectivity index (χ3n) is 2.15. The van der Waals surface area contributed by atoms with E-state index < -0.39 is 0 Å². The zero-order valence-corrected chi connectivity index (χ0v) is 8.36. The van der Waals surface area contributed by atoms with Gasteiger partial charge >= 0.3 is 0 Å². The van der Waals surface area contributed by atoms with Crippen molar-refractivity contribution < 1.29 is 14.2 Å². The highest BCUT2D eigenvalue weighted by Crippen LogP contribution is 2.21. The molecule has 1 aromatic heterocycles. The van der Waals surface area contributed by atoms with E-state index in [-0.39, 0.29) is 23.3 Å². The molecular formula is C9H12N2O4. The lowest BCUT2D eigenvalue weighted by Crippen LogP contribution is -2.20. The molecule has 0 spiro atoms. The molecule has 1 aliphatic rings. The van der Waals surface area contributed by atoms with E-state index in [4.69, 9.17) is 14.2 Å². The molecule has 15 heavy (non-hydrogen) atoms. The SMILES string of the molecule is COc1c(OC2CCOC2)nc[nH]c1=O. The number of rotatable bonds is 3. The van der Waals surface area contributed by atoms with E-state index in [2.05, 4.69) is 9.97 Å². The highest BCUT2D eigenvalue weighted by atomic mass is 16.6. The average Bonchev–Trinajstić information content (AvgIpc) is 2.71. The van der Waals surface area contributed by atoms with Gasteiger partial charge < -0.3 is 19.2 Å². The summed E-state index contributed by atoms with van der Waals surface area (Å²) in [5.74, 6) is 0.321. The molecule has 0 aliphatic carbocycles. The predicted molar refractivity (Wildman–Crippen MR) is 51.3 cm³/mol. The Kier molecular flexibility index (Phi) is 2.86. The summed E-state index contributed by atoms with van der Waals surface area (Å²) >= 11 is 0. The fraction of sp³-hybridized carbons (Fsp3) is 0.556. The van der Waals surface area contributed by atoms with Gasteiger partial charge in [-0.1, -0.05) is 0 Å². The molecule has 1 fully saturated rings. The van der Waals surface area contributed by atoms with Crippen LogP contribution in [0.5, 0.6) is 11.6 Å². The normalized spacial score (nSPS) is 20.2. The zero-order valence-electron chi connectivity index (χ0n) is 8.36. The maximum Gasteiger partial charge on any atom is 0.297 e. The minimum atomic E-state index is -0.346. The second-order valence-electron chi connectivity index (χ2n) is 3.17. The van der Waals surface area contributed by atoms with Crippen molar-refractivity contribution in [3.63, 3.8) is 0 Å². The molecule has 0 amide bonds. The summed E-state index contributed by atoms with van der Waals surface area (Å²) in [7, 11) is 1.41. The van der Waals surface area contributed by atoms with E-state index in [0.717, 1.165) is 6.42 Å². The molecule has 2 rings (SSSR count). The first-order chi connectivity index (χ1) is 7.31. The van der Waals surface area contributed by atoms with E-state index in [1.165, 1.54) is 13.4 Å². The van der Waals surface area contributed by atoms with Gasteiger partial charge in [0.15, 0.2) is 0 Å². The van der Waals surface area contributed by atoms with Gasteiger partial charge in [0.1, 0.15) is 6.10 Å². The Morgan fingerprint density at radius 3 is 3.20 bits per heavy atom. The fourth-order valence-electron chi connectivity index (χ4n) is 1.40. The third-order valence-corrected chi connectivity index (χ3v) is 2.15. The number of ether oxygens (including phenoxy) is 3. The van der Waals surface area contributed by atoms with Gasteiger partial charge in [0, 0.05) is 6.42 Å². The summed E-state index contributed by atoms with van der Waals surface area (Å²) in [5.41, 5.74) is -0.346. The van der Waals surface area contributed by atoms with Crippen LogP contribution in [0.4, 0.5) is 0 Å². The molecule has 1 N–H and O–H groups in total. The topological polar surface area (TPSA) is 73.4 Å². The van der Waals surface area contributed by atoms with Crippen LogP contribution >= 0.6 is 0 Å². The summed E-state index contributed by atoms with van der Waals surface area (Å²) in [6.07, 6.45) is 2.04. The Bertz CT molecular complexity index is 384. The van der Waals surface area contributed by atoms with Gasteiger partial charge in [0.25, 0.3) is 11.4 Å². The Balaban J connectivity index is 2.19. The zero-order chi connectivity index (χ0) is 10.7. The molecule has 0 aromatic carbocycles. The minimum absolute atomic E-state index is 0.0480. The molecule has 6 nitrogen and oxygen atoms in total. The predicted octanol–water partition coefficient (Wildman–Crippen LogP) is -0.0538. The van der Waals surface area contributed by atoms with Crippen LogP contribution in [0.1, 0.15) is 6.42 Å². The molecule has 1 aromatic rings. The molecule has 1 saturated heterocycles. The molecule has 1 atom stereocenters. The maximum absolute atomic E-state index is 11.3. The minimum Gasteiger partial charge on any atom is -0.487 e. The number of nitrogens with one attached hydrogen (secondary N) is 1. The van der Waals surface area contributed by atoms with Crippen molar-refractivity contribution in [2.75, 3.05) is 20.3 Å². The molecular weight excluding hydrogens is 200 g/mol. The van der Waals surface area contributed by atoms with Crippen molar-refractivity contribution in [1.29, 1.82) is 0 Å². The molecule has 1 aliphatic heterocycles. The average molecular weight is 212 g/mol. The molecule has 6 heteroatoms. The molecule has 2 heterocycles. The smallest absolute Gasteiger partial charge is 0.297 e. The number of aromatic nitrogens is 2. The Labute approximate surface area is 86.2 Å². The molecule has 0 saturated carbocycles. The van der Waals surface area contributed by atoms with Gasteiger partial charge in [-0.05, 0) is 0 Å². The second-order valence-corrected chi connectivity index (χ2v) is 3.17. The number of hydrogen-bond donors (Lipinski definition) is 1. The standard InChI is InChI=1S/C9H12N2O4/c1-13-7-8(12)10-5-11-9(7)15-6-2-3-14-4-6/h5-6H,2-4H2,1H3,(H,10,11,12). The van der Waals surface area contributed by atoms with E-state index in [9.17, 15) is 4.79 Å². The summed E-state index contributed by atoms with van der Waals surface area (Å²) in [6, 6.07) is 0. The molecule has 82 valence electrons. The van der Waals surface area contributed by atoms with E-state index in [1.54, 1.807) is 0 Å². The molecule has 0 radical (unpaired) electrons. The van der Waals surface area contributed by atoms with Crippen LogP contribution in [-0.2, 0) is 4.74 Å². The number of nitrogens with zero attached hydrogens (tertiary/aromatic N) is 1. The summed E-state index contributed by atoms with van der Waals surface area (Å²) in [4.78, 5) is 17.6. The van der Waals surface area contributed by atoms with Crippen LogP contribution in [0.2, 0.25) is 0 Å². The number of H-pyrrole nitrogens is 1. The van der Waals surface area contributed by atoms with Crippen molar-refractivity contribution in [1.82, 2.24) is 9.97 Å². The summed E-state index contributed by atoms with van der Waals surface area (Å²) in [5, 5.41) is 0. The number of aromatic amines is 1. The lowest BCUT2D eigenvalue weighted by Gasteiger charge is -2.12. The van der Waals surface area contributed by atoms with Gasteiger partial charge in [-0.2, -0.15) is 0 Å². The van der Waals surface area contributed by atoms with Gasteiger partial charge in [-0.15, -0.1) is 0 Å². The van der Waals surface area contributed by atoms with Crippen LogP contribution in [-0.4, -0.2) is 36.4 Å². The highest BCUT2D eigenvalue weighted by molar-refractivity contribution is 5.29. The lowest BCUT2D eigenvalue weighted by atomic mass is 10.3. The monoisotopic (exact) mass is 212 g/mol. The third kappa shape index (κ3) is 2.10. The highest BCUT2D eigenvalue weighted by Gasteiger charge is 2.20. The van der Waals surface area contributed by atoms with Crippen LogP contribution in [0.3, 0.4) is 0 Å². The Morgan fingerprint density at radius 2 is 2.53 bits per heavy atom. The quantitative estimate of drug-likeness (QED) is 0.760. The van der Waals surface area contributed by atoms with Gasteiger partial charge in [0.2, 0.25) is 5.75 Å². The van der Waals surface area contributed by atoms with Crippen molar-refractivity contribution in [2.45, 2.75) is 12.5 Å². The van der Waals surface area contributed by atoms with Crippen LogP contribution in [0, 0.1) is 0 Å². The first kappa shape index (κ1) is 9.97. The van der Waals surface area contributed by atoms with Crippen LogP contribution in [0.25, 0.3) is 0 Å². The summed E-state index contributed by atoms with van der Waals surface area (Å²) in [6.45, 7) is 1.20. The maximum atomic E-state index is 11.3. The number of methoxy groups -OCH3 is 1. The van der Waals surface area contributed by atoms with Gasteiger partial charge in [-0.25, -0.2) is 4.98 Å². The summed E-state index contributed by atoms with van der Waals surface area (Å²) < 4.78 is 15.6. The molecule has 0 bridgehead atoms. The van der Waals surface area contributed by atoms with Gasteiger partial charge in [-0.3, -0.25) is 4.79 Å². The number of hydrogen-bond acceptors (Lipinski definition) is 5. The van der Waals surface area contributed by atoms with E-state index in [0.29, 0.717) is 13.2 Å². The Morgan fingerprint density at radius 1 is 1.67 bits per heavy atom. The van der Waals surface area contributed by atoms with Crippen molar-refractivity contribution in [2.24, 2.45) is 0 Å². The van der Waals surface area contributed by atoms with Crippen molar-refractivity contribution in [3.05, 3.63) is 16.7 Å². The lowest BCUT2D eigenvalue weighted by molar-refractivity contribution is 0.134. The van der Waals surface area contributed by atoms with Crippen LogP contribution < -0.4 is 15.0 Å². The largest absolute Gasteiger partial charge is 0.487 e.